The van der Waals surface area contributed by atoms with Gasteiger partial charge >= 0.3 is 5.97 Å². The topological polar surface area (TPSA) is 66.4 Å². The Balaban J connectivity index is 2.06. The molecule has 1 saturated heterocycles. The molecule has 1 fully saturated rings. The van der Waals surface area contributed by atoms with Crippen LogP contribution in [0.3, 0.4) is 0 Å². The molecule has 0 amide bonds. The highest BCUT2D eigenvalue weighted by molar-refractivity contribution is 5.80. The number of piperidine rings is 1. The average Bonchev–Trinajstić information content (AvgIpc) is 2.78. The van der Waals surface area contributed by atoms with Crippen molar-refractivity contribution in [1.29, 1.82) is 0 Å². The van der Waals surface area contributed by atoms with Crippen molar-refractivity contribution >= 4 is 11.9 Å². The summed E-state index contributed by atoms with van der Waals surface area (Å²) in [5.74, 6) is 1.64. The number of ether oxygens (including phenoxy) is 2. The summed E-state index contributed by atoms with van der Waals surface area (Å²) >= 11 is 0. The van der Waals surface area contributed by atoms with E-state index in [-0.39, 0.29) is 17.9 Å². The molecule has 0 spiro atoms. The second-order valence-corrected chi connectivity index (χ2v) is 7.23. The van der Waals surface area contributed by atoms with Crippen molar-refractivity contribution in [2.75, 3.05) is 54.0 Å². The number of nitrogens with one attached hydrogen (secondary N) is 1. The molecular formula is C22H36N4O3. The van der Waals surface area contributed by atoms with Gasteiger partial charge in [-0.1, -0.05) is 26.0 Å². The molecule has 7 heteroatoms. The number of carbonyl (C=O) groups is 1. The highest BCUT2D eigenvalue weighted by Crippen LogP contribution is 2.24. The Bertz CT molecular complexity index is 668. The number of hydrogen-bond acceptors (Lipinski definition) is 5. The van der Waals surface area contributed by atoms with E-state index in [2.05, 4.69) is 46.1 Å². The Morgan fingerprint density at radius 1 is 1.28 bits per heavy atom. The van der Waals surface area contributed by atoms with Gasteiger partial charge in [-0.2, -0.15) is 0 Å². The molecule has 0 saturated carbocycles. The van der Waals surface area contributed by atoms with E-state index in [0.29, 0.717) is 0 Å². The Morgan fingerprint density at radius 2 is 1.97 bits per heavy atom. The monoisotopic (exact) mass is 404 g/mol. The number of likely N-dealkylation sites (tertiary alicyclic amines) is 1. The van der Waals surface area contributed by atoms with Crippen LogP contribution in [0.1, 0.15) is 38.3 Å². The Morgan fingerprint density at radius 3 is 2.52 bits per heavy atom. The molecule has 0 bridgehead atoms. The average molecular weight is 405 g/mol. The number of nitrogens with zero attached hydrogens (tertiary/aromatic N) is 3. The van der Waals surface area contributed by atoms with Crippen LogP contribution < -0.4 is 10.1 Å². The van der Waals surface area contributed by atoms with Gasteiger partial charge in [0, 0.05) is 26.7 Å². The molecule has 1 aliphatic heterocycles. The van der Waals surface area contributed by atoms with E-state index in [1.807, 2.05) is 19.2 Å². The van der Waals surface area contributed by atoms with Gasteiger partial charge in [0.2, 0.25) is 0 Å². The summed E-state index contributed by atoms with van der Waals surface area (Å²) in [6, 6.07) is 8.48. The first-order valence-electron chi connectivity index (χ1n) is 10.5. The zero-order chi connectivity index (χ0) is 21.2. The molecule has 2 rings (SSSR count). The maximum atomic E-state index is 11.8. The molecule has 1 aromatic carbocycles. The highest BCUT2D eigenvalue weighted by atomic mass is 16.5. The van der Waals surface area contributed by atoms with E-state index in [0.717, 1.165) is 57.3 Å². The third kappa shape index (κ3) is 6.10. The lowest BCUT2D eigenvalue weighted by Gasteiger charge is -2.35. The maximum absolute atomic E-state index is 11.8. The van der Waals surface area contributed by atoms with Gasteiger partial charge in [-0.25, -0.2) is 0 Å². The summed E-state index contributed by atoms with van der Waals surface area (Å²) in [5.41, 5.74) is 1.22. The number of carbonyl (C=O) groups excluding carboxylic acids is 1. The van der Waals surface area contributed by atoms with Gasteiger partial charge in [-0.15, -0.1) is 0 Å². The molecule has 1 aliphatic rings. The van der Waals surface area contributed by atoms with Gasteiger partial charge in [0.1, 0.15) is 5.75 Å². The Labute approximate surface area is 175 Å². The quantitative estimate of drug-likeness (QED) is 0.408. The number of methoxy groups -OCH3 is 2. The van der Waals surface area contributed by atoms with Gasteiger partial charge in [-0.05, 0) is 43.6 Å². The van der Waals surface area contributed by atoms with Crippen LogP contribution in [0.2, 0.25) is 0 Å². The standard InChI is InChI=1S/C22H36N4O3/c1-6-25(7-2)20(18-9-8-10-19(15-18)28-4)16-24-22(23-3)26-13-11-17(12-14-26)21(27)29-5/h8-10,15,17,20H,6-7,11-14,16H2,1-5H3,(H,23,24). The lowest BCUT2D eigenvalue weighted by atomic mass is 9.97. The van der Waals surface area contributed by atoms with Crippen LogP contribution in [0, 0.1) is 5.92 Å². The van der Waals surface area contributed by atoms with Gasteiger partial charge in [0.25, 0.3) is 0 Å². The van der Waals surface area contributed by atoms with Gasteiger partial charge in [0.05, 0.1) is 26.2 Å². The molecule has 29 heavy (non-hydrogen) atoms. The van der Waals surface area contributed by atoms with Crippen LogP contribution in [0.5, 0.6) is 5.75 Å². The van der Waals surface area contributed by atoms with Gasteiger partial charge < -0.3 is 19.7 Å². The summed E-state index contributed by atoms with van der Waals surface area (Å²) in [5, 5.41) is 3.56. The summed E-state index contributed by atoms with van der Waals surface area (Å²) in [6.45, 7) is 8.64. The van der Waals surface area contributed by atoms with Crippen LogP contribution in [0.25, 0.3) is 0 Å². The van der Waals surface area contributed by atoms with Crippen molar-refractivity contribution in [3.05, 3.63) is 29.8 Å². The number of hydrogen-bond donors (Lipinski definition) is 1. The van der Waals surface area contributed by atoms with E-state index in [4.69, 9.17) is 9.47 Å². The second kappa shape index (κ2) is 11.7. The first-order valence-corrected chi connectivity index (χ1v) is 10.5. The zero-order valence-electron chi connectivity index (χ0n) is 18.5. The Kier molecular flexibility index (Phi) is 9.25. The molecular weight excluding hydrogens is 368 g/mol. The lowest BCUT2D eigenvalue weighted by molar-refractivity contribution is -0.146. The lowest BCUT2D eigenvalue weighted by Crippen LogP contribution is -2.48. The predicted octanol–water partition coefficient (Wildman–Crippen LogP) is 2.54. The van der Waals surface area contributed by atoms with Crippen LogP contribution in [0.4, 0.5) is 0 Å². The minimum Gasteiger partial charge on any atom is -0.497 e. The van der Waals surface area contributed by atoms with Crippen LogP contribution >= 0.6 is 0 Å². The highest BCUT2D eigenvalue weighted by Gasteiger charge is 2.27. The molecule has 162 valence electrons. The number of rotatable bonds is 8. The minimum absolute atomic E-state index is 0.00503. The van der Waals surface area contributed by atoms with Crippen LogP contribution in [0.15, 0.2) is 29.3 Å². The van der Waals surface area contributed by atoms with E-state index < -0.39 is 0 Å². The zero-order valence-corrected chi connectivity index (χ0v) is 18.5. The van der Waals surface area contributed by atoms with Crippen molar-refractivity contribution in [1.82, 2.24) is 15.1 Å². The molecule has 0 aliphatic carbocycles. The fourth-order valence-electron chi connectivity index (χ4n) is 3.98. The SMILES string of the molecule is CCN(CC)C(CNC(=NC)N1CCC(C(=O)OC)CC1)c1cccc(OC)c1. The van der Waals surface area contributed by atoms with E-state index in [1.165, 1.54) is 12.7 Å². The normalized spacial score (nSPS) is 16.6. The third-order valence-corrected chi connectivity index (χ3v) is 5.73. The van der Waals surface area contributed by atoms with Crippen molar-refractivity contribution < 1.29 is 14.3 Å². The fourth-order valence-corrected chi connectivity index (χ4v) is 3.98. The van der Waals surface area contributed by atoms with Crippen molar-refractivity contribution in [2.45, 2.75) is 32.7 Å². The smallest absolute Gasteiger partial charge is 0.308 e. The molecule has 1 heterocycles. The summed E-state index contributed by atoms with van der Waals surface area (Å²) in [4.78, 5) is 20.9. The predicted molar refractivity (Wildman–Crippen MR) is 116 cm³/mol. The maximum Gasteiger partial charge on any atom is 0.308 e. The van der Waals surface area contributed by atoms with Crippen LogP contribution in [-0.2, 0) is 9.53 Å². The number of guanidine groups is 1. The minimum atomic E-state index is -0.104. The van der Waals surface area contributed by atoms with E-state index >= 15 is 0 Å². The summed E-state index contributed by atoms with van der Waals surface area (Å²) < 4.78 is 10.3. The molecule has 7 nitrogen and oxygen atoms in total. The van der Waals surface area contributed by atoms with Crippen molar-refractivity contribution in [3.63, 3.8) is 0 Å². The second-order valence-electron chi connectivity index (χ2n) is 7.23. The number of likely N-dealkylation sites (N-methyl/N-ethyl adjacent to an activating group) is 1. The fraction of sp³-hybridized carbons (Fsp3) is 0.636. The number of esters is 1. The van der Waals surface area contributed by atoms with Gasteiger partial charge in [-0.3, -0.25) is 14.7 Å². The molecule has 0 aromatic heterocycles. The third-order valence-electron chi connectivity index (χ3n) is 5.73. The Hall–Kier alpha value is -2.28. The summed E-state index contributed by atoms with van der Waals surface area (Å²) in [6.07, 6.45) is 1.59. The van der Waals surface area contributed by atoms with Crippen LogP contribution in [-0.4, -0.2) is 75.7 Å². The van der Waals surface area contributed by atoms with Crippen molar-refractivity contribution in [2.24, 2.45) is 10.9 Å². The molecule has 1 aromatic rings. The molecule has 0 radical (unpaired) electrons. The van der Waals surface area contributed by atoms with Gasteiger partial charge in [0.15, 0.2) is 5.96 Å². The summed E-state index contributed by atoms with van der Waals surface area (Å²) in [7, 11) is 4.97. The van der Waals surface area contributed by atoms with E-state index in [1.54, 1.807) is 7.11 Å². The number of benzene rings is 1. The first-order chi connectivity index (χ1) is 14.1. The number of aliphatic imine (C=N–C) groups is 1. The molecule has 1 unspecified atom stereocenters. The first kappa shape index (κ1) is 23.0. The molecule has 1 atom stereocenters. The largest absolute Gasteiger partial charge is 0.497 e. The van der Waals surface area contributed by atoms with Crippen molar-refractivity contribution in [3.8, 4) is 5.75 Å². The molecule has 1 N–H and O–H groups in total. The van der Waals surface area contributed by atoms with E-state index in [9.17, 15) is 4.79 Å².